The van der Waals surface area contributed by atoms with Crippen LogP contribution in [0.3, 0.4) is 0 Å². The Labute approximate surface area is 39.8 Å². The first kappa shape index (κ1) is 4.91. The largest absolute Gasteiger partial charge is 0.133 e. The Bertz CT molecular complexity index is 8.00. The molecule has 0 aromatic heterocycles. The van der Waals surface area contributed by atoms with Crippen LogP contribution in [-0.2, 0) is 0 Å². The summed E-state index contributed by atoms with van der Waals surface area (Å²) in [6.07, 6.45) is 0. The van der Waals surface area contributed by atoms with Crippen LogP contribution in [0.4, 0.5) is 0 Å². The summed E-state index contributed by atoms with van der Waals surface area (Å²) in [6.45, 7) is 0. The molecule has 5 radical (unpaired) electrons. The molecule has 0 bridgehead atoms. The zero-order valence-electron chi connectivity index (χ0n) is 2.09. The van der Waals surface area contributed by atoms with Gasteiger partial charge in [0.15, 0.2) is 0 Å². The molecule has 0 aromatic carbocycles. The molecule has 0 amide bonds. The summed E-state index contributed by atoms with van der Waals surface area (Å²) in [5.74, 6) is 0. The van der Waals surface area contributed by atoms with Crippen molar-refractivity contribution in [3.05, 3.63) is 0 Å². The van der Waals surface area contributed by atoms with Crippen molar-refractivity contribution in [2.24, 2.45) is 0 Å². The molecule has 0 atom stereocenters. The summed E-state index contributed by atoms with van der Waals surface area (Å²) < 4.78 is 0. The maximum absolute atomic E-state index is 3.25. The second-order valence-corrected chi connectivity index (χ2v) is 3.67. The highest BCUT2D eigenvalue weighted by molar-refractivity contribution is 9.23. The average molecular weight is 150 g/mol. The van der Waals surface area contributed by atoms with Crippen molar-refractivity contribution in [2.75, 3.05) is 0 Å². The third-order valence-electron chi connectivity index (χ3n) is 0.0668. The SMILES string of the molecule is [Si]C[Si]Br. The van der Waals surface area contributed by atoms with Gasteiger partial charge >= 0.3 is 0 Å². The van der Waals surface area contributed by atoms with Crippen LogP contribution in [-0.4, -0.2) is 18.4 Å². The van der Waals surface area contributed by atoms with E-state index >= 15 is 0 Å². The lowest BCUT2D eigenvalue weighted by Gasteiger charge is -1.61. The number of hydrogen-bond donors (Lipinski definition) is 0. The summed E-state index contributed by atoms with van der Waals surface area (Å²) in [6, 6.07) is 0. The normalized spacial score (nSPS) is 7.50. The van der Waals surface area contributed by atoms with Crippen molar-refractivity contribution < 1.29 is 0 Å². The van der Waals surface area contributed by atoms with Gasteiger partial charge in [0, 0.05) is 10.2 Å². The second kappa shape index (κ2) is 3.91. The molecule has 0 fully saturated rings. The summed E-state index contributed by atoms with van der Waals surface area (Å²) in [4.78, 5) is 0. The second-order valence-electron chi connectivity index (χ2n) is 0.310. The van der Waals surface area contributed by atoms with Crippen molar-refractivity contribution in [1.82, 2.24) is 0 Å². The minimum Gasteiger partial charge on any atom is -0.132 e. The van der Waals surface area contributed by atoms with Crippen LogP contribution in [0.2, 0.25) is 5.67 Å². The van der Waals surface area contributed by atoms with Gasteiger partial charge in [-0.25, -0.2) is 0 Å². The lowest BCUT2D eigenvalue weighted by atomic mass is 11.9. The van der Waals surface area contributed by atoms with Gasteiger partial charge < -0.3 is 0 Å². The lowest BCUT2D eigenvalue weighted by Crippen LogP contribution is -1.67. The van der Waals surface area contributed by atoms with Gasteiger partial charge in [0.25, 0.3) is 0 Å². The highest BCUT2D eigenvalue weighted by Crippen LogP contribution is 1.73. The highest BCUT2D eigenvalue weighted by atomic mass is 79.9. The number of rotatable bonds is 1. The third-order valence-corrected chi connectivity index (χ3v) is 3.12. The number of halogens is 1. The van der Waals surface area contributed by atoms with Gasteiger partial charge in [0.05, 0.1) is 0 Å². The molecule has 0 aliphatic carbocycles. The lowest BCUT2D eigenvalue weighted by molar-refractivity contribution is 2.13. The fourth-order valence-corrected chi connectivity index (χ4v) is 0. The van der Waals surface area contributed by atoms with Crippen LogP contribution >= 0.6 is 15.3 Å². The molecular weight excluding hydrogens is 148 g/mol. The van der Waals surface area contributed by atoms with Crippen molar-refractivity contribution in [3.8, 4) is 0 Å². The Morgan fingerprint density at radius 2 is 2.25 bits per heavy atom. The molecular formula is CH2BrSi2. The monoisotopic (exact) mass is 149 g/mol. The molecule has 0 rings (SSSR count). The van der Waals surface area contributed by atoms with Gasteiger partial charge in [-0.3, -0.25) is 0 Å². The van der Waals surface area contributed by atoms with Crippen LogP contribution in [0.1, 0.15) is 0 Å². The fraction of sp³-hybridized carbons (Fsp3) is 1.00. The molecule has 0 nitrogen and oxygen atoms in total. The molecule has 0 saturated heterocycles. The van der Waals surface area contributed by atoms with E-state index in [9.17, 15) is 0 Å². The quantitative estimate of drug-likeness (QED) is 0.378. The van der Waals surface area contributed by atoms with Gasteiger partial charge in [-0.05, 0) is 0 Å². The summed E-state index contributed by atoms with van der Waals surface area (Å²) in [5.41, 5.74) is 1.07. The molecule has 0 unspecified atom stereocenters. The minimum atomic E-state index is 0.867. The van der Waals surface area contributed by atoms with Crippen LogP contribution in [0, 0.1) is 0 Å². The molecule has 0 spiro atoms. The predicted octanol–water partition coefficient (Wildman–Crippen LogP) is 0.545. The van der Waals surface area contributed by atoms with E-state index in [1.165, 1.54) is 0 Å². The maximum atomic E-state index is 3.25. The molecule has 0 aromatic rings. The molecule has 0 heterocycles. The van der Waals surface area contributed by atoms with Crippen molar-refractivity contribution in [3.63, 3.8) is 0 Å². The number of hydrogen-bond acceptors (Lipinski definition) is 0. The van der Waals surface area contributed by atoms with E-state index in [1.807, 2.05) is 0 Å². The van der Waals surface area contributed by atoms with E-state index in [2.05, 4.69) is 25.5 Å². The van der Waals surface area contributed by atoms with Crippen molar-refractivity contribution >= 4 is 33.7 Å². The van der Waals surface area contributed by atoms with Crippen molar-refractivity contribution in [1.29, 1.82) is 0 Å². The first-order valence-corrected chi connectivity index (χ1v) is 5.07. The van der Waals surface area contributed by atoms with Gasteiger partial charge in [-0.2, -0.15) is 0 Å². The molecule has 0 saturated carbocycles. The Hall–Kier alpha value is 0.914. The van der Waals surface area contributed by atoms with E-state index < -0.39 is 0 Å². The Kier molecular flexibility index (Phi) is 4.81. The molecule has 0 N–H and O–H groups in total. The van der Waals surface area contributed by atoms with Crippen LogP contribution < -0.4 is 0 Å². The van der Waals surface area contributed by atoms with E-state index in [-0.39, 0.29) is 0 Å². The van der Waals surface area contributed by atoms with E-state index in [0.29, 0.717) is 0 Å². The highest BCUT2D eigenvalue weighted by Gasteiger charge is 1.63. The minimum absolute atomic E-state index is 0.867. The topological polar surface area (TPSA) is 0 Å². The predicted molar refractivity (Wildman–Crippen MR) is 25.2 cm³/mol. The van der Waals surface area contributed by atoms with Crippen molar-refractivity contribution in [2.45, 2.75) is 5.67 Å². The Morgan fingerprint density at radius 1 is 2.00 bits per heavy atom. The van der Waals surface area contributed by atoms with E-state index in [4.69, 9.17) is 0 Å². The van der Waals surface area contributed by atoms with Crippen LogP contribution in [0.25, 0.3) is 0 Å². The van der Waals surface area contributed by atoms with E-state index in [1.54, 1.807) is 0 Å². The molecule has 3 heteroatoms. The summed E-state index contributed by atoms with van der Waals surface area (Å²) in [7, 11) is 4.12. The smallest absolute Gasteiger partial charge is 0.132 e. The summed E-state index contributed by atoms with van der Waals surface area (Å²) in [5, 5.41) is 0. The average Bonchev–Trinajstić information content (AvgIpc) is 1.37. The molecule has 21 valence electrons. The first-order chi connectivity index (χ1) is 1.91. The zero-order chi connectivity index (χ0) is 3.41. The summed E-state index contributed by atoms with van der Waals surface area (Å²) >= 11 is 3.23. The van der Waals surface area contributed by atoms with Gasteiger partial charge in [0.1, 0.15) is 8.14 Å². The maximum Gasteiger partial charge on any atom is 0.133 e. The zero-order valence-corrected chi connectivity index (χ0v) is 5.67. The van der Waals surface area contributed by atoms with Gasteiger partial charge in [0.2, 0.25) is 0 Å². The Balaban J connectivity index is 1.97. The Morgan fingerprint density at radius 3 is 2.25 bits per heavy atom. The first-order valence-electron chi connectivity index (χ1n) is 0.896. The fourth-order valence-electron chi connectivity index (χ4n) is 0. The standard InChI is InChI=1S/CH2BrSi2/c2-4-1-3/h1H2. The van der Waals surface area contributed by atoms with Gasteiger partial charge in [-0.1, -0.05) is 5.67 Å². The third kappa shape index (κ3) is 2.91. The molecule has 0 aliphatic heterocycles. The van der Waals surface area contributed by atoms with Crippen LogP contribution in [0.15, 0.2) is 0 Å². The van der Waals surface area contributed by atoms with Gasteiger partial charge in [-0.15, -0.1) is 15.3 Å². The molecule has 4 heavy (non-hydrogen) atoms. The van der Waals surface area contributed by atoms with E-state index in [0.717, 1.165) is 13.8 Å². The van der Waals surface area contributed by atoms with Crippen LogP contribution in [0.5, 0.6) is 0 Å². The molecule has 0 aliphatic rings.